The minimum atomic E-state index is 0.142. The van der Waals surface area contributed by atoms with Gasteiger partial charge in [0.2, 0.25) is 0 Å². The van der Waals surface area contributed by atoms with Crippen molar-refractivity contribution in [1.29, 1.82) is 0 Å². The van der Waals surface area contributed by atoms with E-state index in [9.17, 15) is 0 Å². The van der Waals surface area contributed by atoms with Crippen molar-refractivity contribution in [2.24, 2.45) is 5.92 Å². The van der Waals surface area contributed by atoms with Crippen LogP contribution < -0.4 is 0 Å². The van der Waals surface area contributed by atoms with E-state index in [1.165, 1.54) is 46.2 Å². The minimum Gasteiger partial charge on any atom is -0.118 e. The van der Waals surface area contributed by atoms with Gasteiger partial charge in [0.15, 0.2) is 0 Å². The van der Waals surface area contributed by atoms with Crippen molar-refractivity contribution in [3.8, 4) is 0 Å². The summed E-state index contributed by atoms with van der Waals surface area (Å²) in [6.45, 7) is 15.6. The second-order valence-corrected chi connectivity index (χ2v) is 6.18. The minimum absolute atomic E-state index is 0.142. The van der Waals surface area contributed by atoms with Crippen molar-refractivity contribution >= 4 is 11.6 Å². The SMILES string of the molecule is CCCC(C)C(Cl)c1c(C)c(C)c(C)c(C)c1C. The fourth-order valence-corrected chi connectivity index (χ4v) is 3.28. The maximum Gasteiger partial charge on any atom is 0.0616 e. The summed E-state index contributed by atoms with van der Waals surface area (Å²) >= 11 is 6.74. The Morgan fingerprint density at radius 1 is 0.833 bits per heavy atom. The normalized spacial score (nSPS) is 14.7. The van der Waals surface area contributed by atoms with Gasteiger partial charge in [0.05, 0.1) is 5.38 Å². The van der Waals surface area contributed by atoms with E-state index in [4.69, 9.17) is 11.6 Å². The Morgan fingerprint density at radius 2 is 1.22 bits per heavy atom. The molecule has 0 heterocycles. The van der Waals surface area contributed by atoms with Crippen molar-refractivity contribution in [1.82, 2.24) is 0 Å². The van der Waals surface area contributed by atoms with Crippen LogP contribution in [0, 0.1) is 40.5 Å². The second-order valence-electron chi connectivity index (χ2n) is 5.71. The average Bonchev–Trinajstić information content (AvgIpc) is 2.34. The molecule has 102 valence electrons. The van der Waals surface area contributed by atoms with Crippen molar-refractivity contribution in [2.75, 3.05) is 0 Å². The number of hydrogen-bond donors (Lipinski definition) is 0. The van der Waals surface area contributed by atoms with E-state index in [2.05, 4.69) is 48.5 Å². The Bertz CT molecular complexity index is 403. The van der Waals surface area contributed by atoms with E-state index in [0.29, 0.717) is 5.92 Å². The molecular weight excluding hydrogens is 240 g/mol. The van der Waals surface area contributed by atoms with E-state index >= 15 is 0 Å². The molecule has 0 saturated carbocycles. The zero-order valence-corrected chi connectivity index (χ0v) is 13.7. The van der Waals surface area contributed by atoms with Crippen LogP contribution >= 0.6 is 11.6 Å². The lowest BCUT2D eigenvalue weighted by atomic mass is 9.84. The third-order valence-electron chi connectivity index (χ3n) is 4.58. The van der Waals surface area contributed by atoms with Crippen LogP contribution in [0.2, 0.25) is 0 Å². The highest BCUT2D eigenvalue weighted by atomic mass is 35.5. The summed E-state index contributed by atoms with van der Waals surface area (Å²) in [5.41, 5.74) is 8.38. The molecule has 0 radical (unpaired) electrons. The van der Waals surface area contributed by atoms with Gasteiger partial charge in [-0.3, -0.25) is 0 Å². The lowest BCUT2D eigenvalue weighted by molar-refractivity contribution is 0.505. The Morgan fingerprint density at radius 3 is 1.61 bits per heavy atom. The summed E-state index contributed by atoms with van der Waals surface area (Å²) in [5.74, 6) is 0.538. The zero-order valence-electron chi connectivity index (χ0n) is 12.9. The Kier molecular flexibility index (Phi) is 5.28. The van der Waals surface area contributed by atoms with Gasteiger partial charge < -0.3 is 0 Å². The predicted octanol–water partition coefficient (Wildman–Crippen LogP) is 5.94. The molecule has 0 nitrogen and oxygen atoms in total. The van der Waals surface area contributed by atoms with Gasteiger partial charge in [0.25, 0.3) is 0 Å². The van der Waals surface area contributed by atoms with Crippen LogP contribution in [-0.2, 0) is 0 Å². The quantitative estimate of drug-likeness (QED) is 0.591. The highest BCUT2D eigenvalue weighted by Gasteiger charge is 2.22. The third kappa shape index (κ3) is 2.74. The van der Waals surface area contributed by atoms with Crippen LogP contribution in [0.25, 0.3) is 0 Å². The van der Waals surface area contributed by atoms with Gasteiger partial charge in [-0.05, 0) is 80.3 Å². The molecule has 0 fully saturated rings. The fraction of sp³-hybridized carbons (Fsp3) is 0.647. The maximum atomic E-state index is 6.74. The number of benzene rings is 1. The number of alkyl halides is 1. The van der Waals surface area contributed by atoms with Crippen LogP contribution in [0.1, 0.15) is 65.4 Å². The molecule has 0 aliphatic rings. The first-order valence-electron chi connectivity index (χ1n) is 7.03. The molecule has 0 aliphatic carbocycles. The van der Waals surface area contributed by atoms with Crippen LogP contribution in [-0.4, -0.2) is 0 Å². The molecule has 0 bridgehead atoms. The third-order valence-corrected chi connectivity index (χ3v) is 5.23. The van der Waals surface area contributed by atoms with Crippen molar-refractivity contribution in [3.63, 3.8) is 0 Å². The zero-order chi connectivity index (χ0) is 14.0. The Labute approximate surface area is 118 Å². The summed E-state index contributed by atoms with van der Waals surface area (Å²) in [7, 11) is 0. The van der Waals surface area contributed by atoms with Gasteiger partial charge >= 0.3 is 0 Å². The van der Waals surface area contributed by atoms with Crippen molar-refractivity contribution in [2.45, 2.75) is 66.7 Å². The first-order chi connectivity index (χ1) is 8.32. The fourth-order valence-electron chi connectivity index (χ4n) is 2.83. The van der Waals surface area contributed by atoms with Crippen LogP contribution in [0.15, 0.2) is 0 Å². The highest BCUT2D eigenvalue weighted by molar-refractivity contribution is 6.21. The van der Waals surface area contributed by atoms with Gasteiger partial charge in [0.1, 0.15) is 0 Å². The van der Waals surface area contributed by atoms with E-state index in [1.807, 2.05) is 0 Å². The monoisotopic (exact) mass is 266 g/mol. The summed E-state index contributed by atoms with van der Waals surface area (Å²) in [6.07, 6.45) is 2.39. The molecule has 1 aromatic rings. The second kappa shape index (κ2) is 6.10. The van der Waals surface area contributed by atoms with Gasteiger partial charge in [-0.15, -0.1) is 11.6 Å². The molecule has 1 heteroatoms. The van der Waals surface area contributed by atoms with E-state index in [-0.39, 0.29) is 5.38 Å². The molecule has 0 N–H and O–H groups in total. The summed E-state index contributed by atoms with van der Waals surface area (Å²) < 4.78 is 0. The largest absolute Gasteiger partial charge is 0.118 e. The van der Waals surface area contributed by atoms with Crippen molar-refractivity contribution in [3.05, 3.63) is 33.4 Å². The number of hydrogen-bond acceptors (Lipinski definition) is 0. The molecule has 2 atom stereocenters. The molecule has 0 spiro atoms. The van der Waals surface area contributed by atoms with Gasteiger partial charge in [-0.1, -0.05) is 20.3 Å². The molecule has 0 aromatic heterocycles. The molecular formula is C17H27Cl. The first-order valence-corrected chi connectivity index (χ1v) is 7.47. The Hall–Kier alpha value is -0.490. The molecule has 1 aromatic carbocycles. The molecule has 18 heavy (non-hydrogen) atoms. The van der Waals surface area contributed by atoms with E-state index in [0.717, 1.165) is 0 Å². The standard InChI is InChI=1S/C17H27Cl/c1-8-9-10(2)17(18)16-14(6)12(4)11(3)13(5)15(16)7/h10,17H,8-9H2,1-7H3. The first kappa shape index (κ1) is 15.6. The lowest BCUT2D eigenvalue weighted by Crippen LogP contribution is -2.10. The van der Waals surface area contributed by atoms with Crippen molar-refractivity contribution < 1.29 is 0 Å². The lowest BCUT2D eigenvalue weighted by Gasteiger charge is -2.25. The molecule has 2 unspecified atom stereocenters. The average molecular weight is 267 g/mol. The number of halogens is 1. The van der Waals surface area contributed by atoms with Crippen LogP contribution in [0.4, 0.5) is 0 Å². The molecule has 0 amide bonds. The van der Waals surface area contributed by atoms with E-state index < -0.39 is 0 Å². The van der Waals surface area contributed by atoms with Crippen LogP contribution in [0.3, 0.4) is 0 Å². The molecule has 0 aliphatic heterocycles. The number of rotatable bonds is 4. The van der Waals surface area contributed by atoms with Gasteiger partial charge in [0, 0.05) is 0 Å². The molecule has 0 saturated heterocycles. The van der Waals surface area contributed by atoms with Gasteiger partial charge in [-0.25, -0.2) is 0 Å². The summed E-state index contributed by atoms with van der Waals surface area (Å²) in [6, 6.07) is 0. The van der Waals surface area contributed by atoms with E-state index in [1.54, 1.807) is 0 Å². The Balaban J connectivity index is 3.32. The highest BCUT2D eigenvalue weighted by Crippen LogP contribution is 2.38. The van der Waals surface area contributed by atoms with Crippen LogP contribution in [0.5, 0.6) is 0 Å². The summed E-state index contributed by atoms with van der Waals surface area (Å²) in [5, 5.41) is 0.142. The molecule has 1 rings (SSSR count). The maximum absolute atomic E-state index is 6.74. The smallest absolute Gasteiger partial charge is 0.0616 e. The predicted molar refractivity (Wildman–Crippen MR) is 82.8 cm³/mol. The van der Waals surface area contributed by atoms with Gasteiger partial charge in [-0.2, -0.15) is 0 Å². The summed E-state index contributed by atoms with van der Waals surface area (Å²) in [4.78, 5) is 0. The topological polar surface area (TPSA) is 0 Å².